The van der Waals surface area contributed by atoms with Crippen molar-refractivity contribution in [3.63, 3.8) is 0 Å². The molecule has 0 aliphatic carbocycles. The summed E-state index contributed by atoms with van der Waals surface area (Å²) in [6.07, 6.45) is 0. The van der Waals surface area contributed by atoms with Crippen LogP contribution in [0, 0.1) is 11.3 Å². The summed E-state index contributed by atoms with van der Waals surface area (Å²) in [5.74, 6) is -0.574. The van der Waals surface area contributed by atoms with Crippen LogP contribution in [0.25, 0.3) is 0 Å². The Balaban J connectivity index is 1.73. The van der Waals surface area contributed by atoms with E-state index in [9.17, 15) is 9.59 Å². The molecular weight excluding hydrogens is 358 g/mol. The van der Waals surface area contributed by atoms with Crippen molar-refractivity contribution in [3.8, 4) is 6.07 Å². The third-order valence-corrected chi connectivity index (χ3v) is 3.74. The lowest BCUT2D eigenvalue weighted by Gasteiger charge is -2.10. The highest BCUT2D eigenvalue weighted by Gasteiger charge is 2.13. The minimum atomic E-state index is -0.480. The van der Waals surface area contributed by atoms with E-state index in [1.807, 2.05) is 6.07 Å². The maximum atomic E-state index is 12.3. The third-order valence-electron chi connectivity index (χ3n) is 3.74. The normalized spacial score (nSPS) is 9.86. The van der Waals surface area contributed by atoms with Gasteiger partial charge in [0.25, 0.3) is 5.91 Å². The highest BCUT2D eigenvalue weighted by molar-refractivity contribution is 6.03. The quantitative estimate of drug-likeness (QED) is 0.660. The van der Waals surface area contributed by atoms with Crippen LogP contribution in [-0.4, -0.2) is 29.2 Å². The zero-order valence-electron chi connectivity index (χ0n) is 14.8. The van der Waals surface area contributed by atoms with Crippen LogP contribution in [0.15, 0.2) is 60.7 Å². The summed E-state index contributed by atoms with van der Waals surface area (Å²) < 4.78 is 4.75. The number of hydrogen-bond acceptors (Lipinski definition) is 7. The Bertz CT molecular complexity index is 1060. The van der Waals surface area contributed by atoms with E-state index in [1.54, 1.807) is 54.6 Å². The molecule has 0 aliphatic rings. The maximum absolute atomic E-state index is 12.3. The van der Waals surface area contributed by atoms with Crippen LogP contribution in [0.4, 0.5) is 17.2 Å². The zero-order valence-corrected chi connectivity index (χ0v) is 14.8. The minimum Gasteiger partial charge on any atom is -0.465 e. The van der Waals surface area contributed by atoms with Gasteiger partial charge in [0.1, 0.15) is 0 Å². The number of nitrogens with zero attached hydrogens (tertiary/aromatic N) is 3. The van der Waals surface area contributed by atoms with E-state index in [2.05, 4.69) is 20.8 Å². The van der Waals surface area contributed by atoms with Crippen molar-refractivity contribution in [3.05, 3.63) is 77.5 Å². The van der Waals surface area contributed by atoms with Crippen LogP contribution in [0.2, 0.25) is 0 Å². The van der Waals surface area contributed by atoms with E-state index in [0.717, 1.165) is 0 Å². The smallest absolute Gasteiger partial charge is 0.339 e. The molecule has 3 rings (SSSR count). The number of anilines is 3. The second kappa shape index (κ2) is 8.42. The van der Waals surface area contributed by atoms with Gasteiger partial charge in [0.2, 0.25) is 0 Å². The Kier molecular flexibility index (Phi) is 5.58. The molecule has 8 nitrogen and oxygen atoms in total. The van der Waals surface area contributed by atoms with E-state index < -0.39 is 11.9 Å². The molecule has 28 heavy (non-hydrogen) atoms. The molecule has 0 saturated carbocycles. The number of methoxy groups -OCH3 is 1. The Labute approximate surface area is 160 Å². The van der Waals surface area contributed by atoms with Gasteiger partial charge < -0.3 is 15.4 Å². The number of amides is 1. The van der Waals surface area contributed by atoms with Crippen LogP contribution < -0.4 is 10.6 Å². The van der Waals surface area contributed by atoms with Gasteiger partial charge in [0.05, 0.1) is 30.0 Å². The number of ether oxygens (including phenoxy) is 1. The van der Waals surface area contributed by atoms with E-state index in [1.165, 1.54) is 13.2 Å². The average molecular weight is 373 g/mol. The molecule has 0 spiro atoms. The van der Waals surface area contributed by atoms with E-state index in [-0.39, 0.29) is 5.69 Å². The van der Waals surface area contributed by atoms with E-state index >= 15 is 0 Å². The number of esters is 1. The predicted molar refractivity (Wildman–Crippen MR) is 102 cm³/mol. The molecule has 0 bridgehead atoms. The number of hydrogen-bond donors (Lipinski definition) is 2. The van der Waals surface area contributed by atoms with Gasteiger partial charge in [0, 0.05) is 5.69 Å². The molecule has 1 aromatic heterocycles. The fraction of sp³-hybridized carbons (Fsp3) is 0.0500. The summed E-state index contributed by atoms with van der Waals surface area (Å²) in [4.78, 5) is 24.1. The van der Waals surface area contributed by atoms with Gasteiger partial charge >= 0.3 is 5.97 Å². The lowest BCUT2D eigenvalue weighted by molar-refractivity contribution is 0.0601. The molecule has 1 heterocycles. The van der Waals surface area contributed by atoms with Gasteiger partial charge in [-0.25, -0.2) is 4.79 Å². The number of para-hydroxylation sites is 1. The van der Waals surface area contributed by atoms with Crippen LogP contribution in [0.1, 0.15) is 26.4 Å². The summed E-state index contributed by atoms with van der Waals surface area (Å²) in [6.45, 7) is 0. The molecule has 0 fully saturated rings. The van der Waals surface area contributed by atoms with Crippen LogP contribution in [0.3, 0.4) is 0 Å². The number of nitriles is 1. The van der Waals surface area contributed by atoms with Crippen molar-refractivity contribution in [2.24, 2.45) is 0 Å². The van der Waals surface area contributed by atoms with Crippen LogP contribution in [-0.2, 0) is 4.74 Å². The van der Waals surface area contributed by atoms with Gasteiger partial charge in [-0.05, 0) is 42.5 Å². The first-order valence-electron chi connectivity index (χ1n) is 8.20. The Hall–Kier alpha value is -4.25. The largest absolute Gasteiger partial charge is 0.465 e. The topological polar surface area (TPSA) is 117 Å². The van der Waals surface area contributed by atoms with Crippen molar-refractivity contribution in [2.75, 3.05) is 17.7 Å². The lowest BCUT2D eigenvalue weighted by atomic mass is 10.2. The number of carbonyl (C=O) groups excluding carboxylic acids is 2. The van der Waals surface area contributed by atoms with E-state index in [4.69, 9.17) is 10.00 Å². The molecule has 1 amide bonds. The monoisotopic (exact) mass is 373 g/mol. The number of benzene rings is 2. The molecule has 138 valence electrons. The Morgan fingerprint density at radius 1 is 1.04 bits per heavy atom. The second-order valence-corrected chi connectivity index (χ2v) is 5.61. The maximum Gasteiger partial charge on any atom is 0.339 e. The number of carbonyl (C=O) groups is 2. The fourth-order valence-corrected chi connectivity index (χ4v) is 2.40. The third kappa shape index (κ3) is 4.28. The highest BCUT2D eigenvalue weighted by Crippen LogP contribution is 2.20. The van der Waals surface area contributed by atoms with Crippen molar-refractivity contribution in [2.45, 2.75) is 0 Å². The number of nitrogens with one attached hydrogen (secondary N) is 2. The molecule has 3 aromatic rings. The molecule has 8 heteroatoms. The first-order chi connectivity index (χ1) is 13.6. The van der Waals surface area contributed by atoms with E-state index in [0.29, 0.717) is 28.3 Å². The van der Waals surface area contributed by atoms with Crippen LogP contribution in [0.5, 0.6) is 0 Å². The predicted octanol–water partition coefficient (Wildman–Crippen LogP) is 3.13. The van der Waals surface area contributed by atoms with Crippen molar-refractivity contribution in [1.82, 2.24) is 10.2 Å². The number of aromatic nitrogens is 2. The van der Waals surface area contributed by atoms with Gasteiger partial charge in [-0.2, -0.15) is 5.26 Å². The Morgan fingerprint density at radius 2 is 1.86 bits per heavy atom. The molecule has 2 aromatic carbocycles. The molecule has 0 saturated heterocycles. The Morgan fingerprint density at radius 3 is 2.57 bits per heavy atom. The molecule has 2 N–H and O–H groups in total. The minimum absolute atomic E-state index is 0.106. The first kappa shape index (κ1) is 18.5. The fourth-order valence-electron chi connectivity index (χ4n) is 2.40. The summed E-state index contributed by atoms with van der Waals surface area (Å²) in [5, 5.41) is 22.4. The molecule has 0 unspecified atom stereocenters. The summed E-state index contributed by atoms with van der Waals surface area (Å²) in [7, 11) is 1.30. The SMILES string of the molecule is COC(=O)c1ccccc1Nc1ccc(C(=O)Nc2cccc(C#N)c2)nn1. The lowest BCUT2D eigenvalue weighted by Crippen LogP contribution is -2.14. The van der Waals surface area contributed by atoms with Gasteiger partial charge in [-0.3, -0.25) is 4.79 Å². The first-order valence-corrected chi connectivity index (χ1v) is 8.20. The van der Waals surface area contributed by atoms with Gasteiger partial charge in [-0.15, -0.1) is 10.2 Å². The highest BCUT2D eigenvalue weighted by atomic mass is 16.5. The zero-order chi connectivity index (χ0) is 19.9. The summed E-state index contributed by atoms with van der Waals surface area (Å²) in [5.41, 5.74) is 1.89. The number of rotatable bonds is 5. The average Bonchev–Trinajstić information content (AvgIpc) is 2.74. The summed E-state index contributed by atoms with van der Waals surface area (Å²) >= 11 is 0. The summed E-state index contributed by atoms with van der Waals surface area (Å²) in [6, 6.07) is 18.4. The second-order valence-electron chi connectivity index (χ2n) is 5.61. The standard InChI is InChI=1S/C20H15N5O3/c1-28-20(27)15-7-2-3-8-16(15)23-18-10-9-17(24-25-18)19(26)22-14-6-4-5-13(11-14)12-21/h2-11H,1H3,(H,22,26)(H,23,25). The van der Waals surface area contributed by atoms with Crippen molar-refractivity contribution >= 4 is 29.1 Å². The van der Waals surface area contributed by atoms with Crippen molar-refractivity contribution in [1.29, 1.82) is 5.26 Å². The van der Waals surface area contributed by atoms with Crippen LogP contribution >= 0.6 is 0 Å². The molecule has 0 aliphatic heterocycles. The molecule has 0 atom stereocenters. The molecule has 0 radical (unpaired) electrons. The van der Waals surface area contributed by atoms with Gasteiger partial charge in [-0.1, -0.05) is 18.2 Å². The van der Waals surface area contributed by atoms with Crippen molar-refractivity contribution < 1.29 is 14.3 Å². The van der Waals surface area contributed by atoms with Gasteiger partial charge in [0.15, 0.2) is 11.5 Å². The molecular formula is C20H15N5O3.